The second-order valence-electron chi connectivity index (χ2n) is 7.38. The molecule has 0 bridgehead atoms. The molecule has 4 rings (SSSR count). The molecule has 2 aromatic carbocycles. The molecule has 1 fully saturated rings. The zero-order valence-electron chi connectivity index (χ0n) is 16.4. The van der Waals surface area contributed by atoms with Crippen molar-refractivity contribution in [1.82, 2.24) is 15.1 Å². The maximum absolute atomic E-state index is 13.1. The largest absolute Gasteiger partial charge is 0.497 e. The number of hydrogen-bond acceptors (Lipinski definition) is 4. The minimum absolute atomic E-state index is 0.0784. The van der Waals surface area contributed by atoms with Gasteiger partial charge in [-0.15, -0.1) is 0 Å². The van der Waals surface area contributed by atoms with E-state index in [2.05, 4.69) is 5.32 Å². The summed E-state index contributed by atoms with van der Waals surface area (Å²) in [6.45, 7) is 0. The summed E-state index contributed by atoms with van der Waals surface area (Å²) in [5.41, 5.74) is 2.90. The molecule has 0 aliphatic heterocycles. The van der Waals surface area contributed by atoms with Gasteiger partial charge in [0, 0.05) is 17.8 Å². The Morgan fingerprint density at radius 3 is 2.41 bits per heavy atom. The number of ether oxygens (including phenoxy) is 1. The Morgan fingerprint density at radius 1 is 1.07 bits per heavy atom. The van der Waals surface area contributed by atoms with Crippen molar-refractivity contribution in [3.8, 4) is 22.7 Å². The van der Waals surface area contributed by atoms with Gasteiger partial charge in [-0.25, -0.2) is 4.68 Å². The van der Waals surface area contributed by atoms with Gasteiger partial charge in [0.15, 0.2) is 0 Å². The van der Waals surface area contributed by atoms with Crippen LogP contribution in [0, 0.1) is 0 Å². The van der Waals surface area contributed by atoms with Crippen molar-refractivity contribution < 1.29 is 14.6 Å². The van der Waals surface area contributed by atoms with Gasteiger partial charge >= 0.3 is 0 Å². The molecule has 29 heavy (non-hydrogen) atoms. The Morgan fingerprint density at radius 2 is 1.76 bits per heavy atom. The molecule has 1 saturated carbocycles. The van der Waals surface area contributed by atoms with Crippen molar-refractivity contribution in [3.05, 3.63) is 66.4 Å². The number of nitrogens with one attached hydrogen (secondary N) is 1. The zero-order chi connectivity index (χ0) is 20.2. The van der Waals surface area contributed by atoms with E-state index in [0.717, 1.165) is 42.7 Å². The van der Waals surface area contributed by atoms with Crippen LogP contribution in [-0.4, -0.2) is 40.0 Å². The molecule has 6 nitrogen and oxygen atoms in total. The maximum atomic E-state index is 13.1. The number of benzene rings is 2. The van der Waals surface area contributed by atoms with Crippen LogP contribution < -0.4 is 10.1 Å². The summed E-state index contributed by atoms with van der Waals surface area (Å²) in [7, 11) is 1.62. The van der Waals surface area contributed by atoms with E-state index in [1.54, 1.807) is 18.0 Å². The minimum Gasteiger partial charge on any atom is -0.497 e. The normalized spacial score (nSPS) is 19.0. The molecule has 1 amide bonds. The summed E-state index contributed by atoms with van der Waals surface area (Å²) >= 11 is 0. The molecule has 0 atom stereocenters. The first-order chi connectivity index (χ1) is 14.1. The number of para-hydroxylation sites is 1. The van der Waals surface area contributed by atoms with Crippen LogP contribution in [0.1, 0.15) is 36.0 Å². The lowest BCUT2D eigenvalue weighted by atomic mass is 9.93. The summed E-state index contributed by atoms with van der Waals surface area (Å²) in [6, 6.07) is 17.4. The second kappa shape index (κ2) is 8.49. The predicted molar refractivity (Wildman–Crippen MR) is 111 cm³/mol. The molecule has 2 N–H and O–H groups in total. The SMILES string of the molecule is COc1ccc(-c2nn(-c3ccccc3)cc2C(=O)NC2CCC(O)CC2)cc1. The first kappa shape index (κ1) is 19.2. The van der Waals surface area contributed by atoms with E-state index in [4.69, 9.17) is 9.84 Å². The minimum atomic E-state index is -0.251. The third kappa shape index (κ3) is 4.32. The lowest BCUT2D eigenvalue weighted by molar-refractivity contribution is 0.0868. The van der Waals surface area contributed by atoms with Crippen molar-refractivity contribution in [2.75, 3.05) is 7.11 Å². The summed E-state index contributed by atoms with van der Waals surface area (Å²) in [6.07, 6.45) is 4.55. The van der Waals surface area contributed by atoms with E-state index < -0.39 is 0 Å². The van der Waals surface area contributed by atoms with Crippen molar-refractivity contribution >= 4 is 5.91 Å². The average Bonchev–Trinajstić information content (AvgIpc) is 3.22. The topological polar surface area (TPSA) is 76.4 Å². The van der Waals surface area contributed by atoms with Gasteiger partial charge in [0.25, 0.3) is 5.91 Å². The highest BCUT2D eigenvalue weighted by atomic mass is 16.5. The van der Waals surface area contributed by atoms with Gasteiger partial charge in [-0.2, -0.15) is 5.10 Å². The fourth-order valence-electron chi connectivity index (χ4n) is 3.70. The number of rotatable bonds is 5. The van der Waals surface area contributed by atoms with Crippen LogP contribution in [0.2, 0.25) is 0 Å². The first-order valence-electron chi connectivity index (χ1n) is 9.92. The summed E-state index contributed by atoms with van der Waals surface area (Å²) in [4.78, 5) is 13.1. The zero-order valence-corrected chi connectivity index (χ0v) is 16.4. The predicted octanol–water partition coefficient (Wildman–Crippen LogP) is 3.58. The van der Waals surface area contributed by atoms with Gasteiger partial charge in [-0.05, 0) is 62.1 Å². The molecule has 150 valence electrons. The van der Waals surface area contributed by atoms with Crippen molar-refractivity contribution in [2.45, 2.75) is 37.8 Å². The lowest BCUT2D eigenvalue weighted by Gasteiger charge is -2.26. The third-order valence-electron chi connectivity index (χ3n) is 5.37. The molecule has 0 saturated heterocycles. The molecule has 1 heterocycles. The van der Waals surface area contributed by atoms with E-state index in [-0.39, 0.29) is 18.1 Å². The van der Waals surface area contributed by atoms with E-state index >= 15 is 0 Å². The molecule has 1 aliphatic rings. The van der Waals surface area contributed by atoms with Crippen molar-refractivity contribution in [3.63, 3.8) is 0 Å². The Balaban J connectivity index is 1.66. The number of aromatic nitrogens is 2. The van der Waals surface area contributed by atoms with Crippen LogP contribution in [0.15, 0.2) is 60.8 Å². The van der Waals surface area contributed by atoms with Gasteiger partial charge in [0.1, 0.15) is 11.4 Å². The summed E-state index contributed by atoms with van der Waals surface area (Å²) in [5, 5.41) is 17.5. The molecule has 1 aromatic heterocycles. The molecule has 0 unspecified atom stereocenters. The Hall–Kier alpha value is -3.12. The number of carbonyl (C=O) groups excluding carboxylic acids is 1. The highest BCUT2D eigenvalue weighted by Gasteiger charge is 2.24. The standard InChI is InChI=1S/C23H25N3O3/c1-29-20-13-7-16(8-14-20)22-21(15-26(25-22)18-5-3-2-4-6-18)23(28)24-17-9-11-19(27)12-10-17/h2-8,13-15,17,19,27H,9-12H2,1H3,(H,24,28). The van der Waals surface area contributed by atoms with Crippen molar-refractivity contribution in [1.29, 1.82) is 0 Å². The third-order valence-corrected chi connectivity index (χ3v) is 5.37. The number of hydrogen-bond donors (Lipinski definition) is 2. The number of carbonyl (C=O) groups is 1. The van der Waals surface area contributed by atoms with E-state index in [1.807, 2.05) is 54.6 Å². The summed E-state index contributed by atoms with van der Waals surface area (Å²) < 4.78 is 6.98. The fourth-order valence-corrected chi connectivity index (χ4v) is 3.70. The number of aliphatic hydroxyl groups excluding tert-OH is 1. The van der Waals surface area contributed by atoms with Gasteiger partial charge in [0.2, 0.25) is 0 Å². The number of nitrogens with zero attached hydrogens (tertiary/aromatic N) is 2. The maximum Gasteiger partial charge on any atom is 0.255 e. The van der Waals surface area contributed by atoms with Gasteiger partial charge in [-0.3, -0.25) is 4.79 Å². The molecular weight excluding hydrogens is 366 g/mol. The van der Waals surface area contributed by atoms with Gasteiger partial charge < -0.3 is 15.2 Å². The molecule has 6 heteroatoms. The van der Waals surface area contributed by atoms with E-state index in [0.29, 0.717) is 11.3 Å². The number of aliphatic hydroxyl groups is 1. The van der Waals surface area contributed by atoms with Crippen LogP contribution in [0.5, 0.6) is 5.75 Å². The first-order valence-corrected chi connectivity index (χ1v) is 9.92. The molecular formula is C23H25N3O3. The molecule has 0 radical (unpaired) electrons. The highest BCUT2D eigenvalue weighted by molar-refractivity contribution is 6.00. The molecule has 0 spiro atoms. The van der Waals surface area contributed by atoms with Gasteiger partial charge in [-0.1, -0.05) is 18.2 Å². The Labute approximate surface area is 170 Å². The summed E-state index contributed by atoms with van der Waals surface area (Å²) in [5.74, 6) is 0.613. The Bertz CT molecular complexity index is 959. The van der Waals surface area contributed by atoms with E-state index in [1.165, 1.54) is 0 Å². The number of methoxy groups -OCH3 is 1. The highest BCUT2D eigenvalue weighted by Crippen LogP contribution is 2.27. The van der Waals surface area contributed by atoms with Crippen LogP contribution in [0.4, 0.5) is 0 Å². The molecule has 1 aliphatic carbocycles. The van der Waals surface area contributed by atoms with Crippen LogP contribution in [-0.2, 0) is 0 Å². The fraction of sp³-hybridized carbons (Fsp3) is 0.304. The number of amides is 1. The lowest BCUT2D eigenvalue weighted by Crippen LogP contribution is -2.38. The van der Waals surface area contributed by atoms with Crippen LogP contribution in [0.25, 0.3) is 16.9 Å². The Kier molecular flexibility index (Phi) is 5.62. The van der Waals surface area contributed by atoms with Crippen LogP contribution >= 0.6 is 0 Å². The molecule has 3 aromatic rings. The van der Waals surface area contributed by atoms with Crippen molar-refractivity contribution in [2.24, 2.45) is 0 Å². The average molecular weight is 391 g/mol. The van der Waals surface area contributed by atoms with Gasteiger partial charge in [0.05, 0.1) is 24.5 Å². The van der Waals surface area contributed by atoms with E-state index in [9.17, 15) is 9.90 Å². The van der Waals surface area contributed by atoms with Crippen LogP contribution in [0.3, 0.4) is 0 Å². The smallest absolute Gasteiger partial charge is 0.255 e. The quantitative estimate of drug-likeness (QED) is 0.697. The second-order valence-corrected chi connectivity index (χ2v) is 7.38. The monoisotopic (exact) mass is 391 g/mol.